The summed E-state index contributed by atoms with van der Waals surface area (Å²) in [5.74, 6) is -1.17. The van der Waals surface area contributed by atoms with E-state index in [0.717, 1.165) is 12.1 Å². The zero-order valence-corrected chi connectivity index (χ0v) is 18.6. The van der Waals surface area contributed by atoms with E-state index in [1.165, 1.54) is 36.7 Å². The van der Waals surface area contributed by atoms with E-state index in [-0.39, 0.29) is 36.4 Å². The van der Waals surface area contributed by atoms with Crippen molar-refractivity contribution in [3.63, 3.8) is 0 Å². The third-order valence-corrected chi connectivity index (χ3v) is 7.21. The first-order chi connectivity index (χ1) is 15.3. The molecule has 0 aromatic heterocycles. The summed E-state index contributed by atoms with van der Waals surface area (Å²) in [6.45, 7) is -0.199. The van der Waals surface area contributed by atoms with E-state index in [4.69, 9.17) is 14.2 Å². The summed E-state index contributed by atoms with van der Waals surface area (Å²) in [5, 5.41) is 0. The van der Waals surface area contributed by atoms with Gasteiger partial charge in [-0.1, -0.05) is 0 Å². The highest BCUT2D eigenvalue weighted by Gasteiger charge is 2.33. The quantitative estimate of drug-likeness (QED) is 0.437. The minimum Gasteiger partial charge on any atom is -0.497 e. The molecule has 0 aliphatic carbocycles. The maximum atomic E-state index is 13.1. The van der Waals surface area contributed by atoms with Crippen molar-refractivity contribution in [3.05, 3.63) is 53.8 Å². The van der Waals surface area contributed by atoms with Gasteiger partial charge < -0.3 is 14.2 Å². The van der Waals surface area contributed by atoms with Gasteiger partial charge in [-0.05, 0) is 49.2 Å². The number of methoxy groups -OCH3 is 2. The van der Waals surface area contributed by atoms with Crippen molar-refractivity contribution in [3.8, 4) is 11.5 Å². The SMILES string of the molecule is COc1ccc(C(=O)COC(=O)C2CCN(S(=O)(=O)c3ccc(F)cc3)CC2)c(OC)c1. The van der Waals surface area contributed by atoms with Crippen LogP contribution in [0.2, 0.25) is 0 Å². The maximum Gasteiger partial charge on any atom is 0.309 e. The Labute approximate surface area is 185 Å². The van der Waals surface area contributed by atoms with Gasteiger partial charge in [0, 0.05) is 19.2 Å². The van der Waals surface area contributed by atoms with Gasteiger partial charge in [-0.2, -0.15) is 4.31 Å². The van der Waals surface area contributed by atoms with Gasteiger partial charge in [-0.25, -0.2) is 12.8 Å². The van der Waals surface area contributed by atoms with Crippen LogP contribution in [-0.2, 0) is 19.6 Å². The van der Waals surface area contributed by atoms with Crippen molar-refractivity contribution in [1.29, 1.82) is 0 Å². The molecule has 10 heteroatoms. The zero-order chi connectivity index (χ0) is 23.3. The fraction of sp³-hybridized carbons (Fsp3) is 0.364. The van der Waals surface area contributed by atoms with Crippen molar-refractivity contribution < 1.29 is 36.6 Å². The number of benzene rings is 2. The third kappa shape index (κ3) is 5.25. The van der Waals surface area contributed by atoms with Crippen LogP contribution in [0, 0.1) is 11.7 Å². The molecule has 8 nitrogen and oxygen atoms in total. The topological polar surface area (TPSA) is 99.2 Å². The van der Waals surface area contributed by atoms with Crippen LogP contribution in [0.1, 0.15) is 23.2 Å². The molecule has 0 radical (unpaired) electrons. The van der Waals surface area contributed by atoms with E-state index < -0.39 is 40.1 Å². The second kappa shape index (κ2) is 10.1. The number of piperidine rings is 1. The van der Waals surface area contributed by atoms with E-state index >= 15 is 0 Å². The standard InChI is InChI=1S/C22H24FNO7S/c1-29-17-5-8-19(21(13-17)30-2)20(25)14-31-22(26)15-9-11-24(12-10-15)32(27,28)18-6-3-16(23)4-7-18/h3-8,13,15H,9-12,14H2,1-2H3. The highest BCUT2D eigenvalue weighted by molar-refractivity contribution is 7.89. The largest absolute Gasteiger partial charge is 0.497 e. The van der Waals surface area contributed by atoms with E-state index in [0.29, 0.717) is 11.5 Å². The third-order valence-electron chi connectivity index (χ3n) is 5.29. The normalized spacial score (nSPS) is 15.2. The van der Waals surface area contributed by atoms with Crippen LogP contribution in [0.15, 0.2) is 47.4 Å². The van der Waals surface area contributed by atoms with Crippen molar-refractivity contribution >= 4 is 21.8 Å². The van der Waals surface area contributed by atoms with Crippen LogP contribution in [-0.4, -0.2) is 58.4 Å². The Morgan fingerprint density at radius 1 is 1.03 bits per heavy atom. The molecule has 32 heavy (non-hydrogen) atoms. The molecule has 2 aromatic carbocycles. The number of halogens is 1. The average molecular weight is 465 g/mol. The molecule has 0 amide bonds. The van der Waals surface area contributed by atoms with Gasteiger partial charge in [0.15, 0.2) is 6.61 Å². The second-order valence-corrected chi connectivity index (χ2v) is 9.17. The van der Waals surface area contributed by atoms with Crippen LogP contribution < -0.4 is 9.47 Å². The predicted octanol–water partition coefficient (Wildman–Crippen LogP) is 2.67. The van der Waals surface area contributed by atoms with E-state index in [1.807, 2.05) is 0 Å². The fourth-order valence-electron chi connectivity index (χ4n) is 3.45. The van der Waals surface area contributed by atoms with Gasteiger partial charge in [-0.15, -0.1) is 0 Å². The van der Waals surface area contributed by atoms with Crippen molar-refractivity contribution in [1.82, 2.24) is 4.31 Å². The smallest absolute Gasteiger partial charge is 0.309 e. The molecule has 0 unspecified atom stereocenters. The van der Waals surface area contributed by atoms with Crippen LogP contribution in [0.4, 0.5) is 4.39 Å². The predicted molar refractivity (Wildman–Crippen MR) is 113 cm³/mol. The van der Waals surface area contributed by atoms with Crippen LogP contribution in [0.3, 0.4) is 0 Å². The Balaban J connectivity index is 1.55. The Morgan fingerprint density at radius 3 is 2.28 bits per heavy atom. The number of Topliss-reactive ketones (excluding diaryl/α,β-unsaturated/α-hetero) is 1. The number of hydrogen-bond donors (Lipinski definition) is 0. The number of esters is 1. The minimum atomic E-state index is -3.77. The molecule has 1 fully saturated rings. The number of ketones is 1. The van der Waals surface area contributed by atoms with Gasteiger partial charge in [0.05, 0.1) is 30.6 Å². The molecule has 1 heterocycles. The van der Waals surface area contributed by atoms with Gasteiger partial charge in [0.1, 0.15) is 17.3 Å². The number of ether oxygens (including phenoxy) is 3. The van der Waals surface area contributed by atoms with Crippen molar-refractivity contribution in [2.24, 2.45) is 5.92 Å². The lowest BCUT2D eigenvalue weighted by Gasteiger charge is -2.30. The highest BCUT2D eigenvalue weighted by atomic mass is 32.2. The van der Waals surface area contributed by atoms with E-state index in [1.54, 1.807) is 12.1 Å². The molecule has 2 aromatic rings. The van der Waals surface area contributed by atoms with E-state index in [2.05, 4.69) is 0 Å². The molecule has 0 spiro atoms. The molecule has 0 bridgehead atoms. The molecular formula is C22H24FNO7S. The van der Waals surface area contributed by atoms with Crippen LogP contribution >= 0.6 is 0 Å². The van der Waals surface area contributed by atoms with Crippen molar-refractivity contribution in [2.75, 3.05) is 33.9 Å². The lowest BCUT2D eigenvalue weighted by atomic mass is 9.98. The number of sulfonamides is 1. The number of hydrogen-bond acceptors (Lipinski definition) is 7. The van der Waals surface area contributed by atoms with Crippen molar-refractivity contribution in [2.45, 2.75) is 17.7 Å². The Morgan fingerprint density at radius 2 is 1.69 bits per heavy atom. The molecule has 3 rings (SSSR count). The Bertz CT molecular complexity index is 1080. The molecule has 0 saturated carbocycles. The molecule has 172 valence electrons. The molecule has 1 aliphatic heterocycles. The number of carbonyl (C=O) groups is 2. The summed E-state index contributed by atoms with van der Waals surface area (Å²) in [6.07, 6.45) is 0.526. The number of nitrogens with zero attached hydrogens (tertiary/aromatic N) is 1. The lowest BCUT2D eigenvalue weighted by Crippen LogP contribution is -2.40. The maximum absolute atomic E-state index is 13.1. The molecule has 0 atom stereocenters. The first-order valence-corrected chi connectivity index (χ1v) is 11.4. The summed E-state index contributed by atoms with van der Waals surface area (Å²) in [4.78, 5) is 24.9. The molecule has 1 saturated heterocycles. The first kappa shape index (κ1) is 23.7. The minimum absolute atomic E-state index is 0.000961. The monoisotopic (exact) mass is 465 g/mol. The van der Waals surface area contributed by atoms with Gasteiger partial charge >= 0.3 is 5.97 Å². The van der Waals surface area contributed by atoms with E-state index in [9.17, 15) is 22.4 Å². The molecule has 1 aliphatic rings. The number of carbonyl (C=O) groups excluding carboxylic acids is 2. The fourth-order valence-corrected chi connectivity index (χ4v) is 4.92. The first-order valence-electron chi connectivity index (χ1n) is 9.94. The van der Waals surface area contributed by atoms with Crippen LogP contribution in [0.25, 0.3) is 0 Å². The summed E-state index contributed by atoms with van der Waals surface area (Å²) >= 11 is 0. The highest BCUT2D eigenvalue weighted by Crippen LogP contribution is 2.27. The average Bonchev–Trinajstić information content (AvgIpc) is 2.82. The summed E-state index contributed by atoms with van der Waals surface area (Å²) in [6, 6.07) is 9.31. The van der Waals surface area contributed by atoms with Gasteiger partial charge in [0.25, 0.3) is 0 Å². The van der Waals surface area contributed by atoms with Gasteiger partial charge in [0.2, 0.25) is 15.8 Å². The Kier molecular flexibility index (Phi) is 7.47. The molecule has 0 N–H and O–H groups in total. The summed E-state index contributed by atoms with van der Waals surface area (Å²) in [5.41, 5.74) is 0.265. The Hall–Kier alpha value is -2.98. The number of rotatable bonds is 8. The van der Waals surface area contributed by atoms with Gasteiger partial charge in [-0.3, -0.25) is 9.59 Å². The lowest BCUT2D eigenvalue weighted by molar-refractivity contribution is -0.148. The summed E-state index contributed by atoms with van der Waals surface area (Å²) < 4.78 is 55.2. The zero-order valence-electron chi connectivity index (χ0n) is 17.7. The summed E-state index contributed by atoms with van der Waals surface area (Å²) in [7, 11) is -0.851. The van der Waals surface area contributed by atoms with Crippen LogP contribution in [0.5, 0.6) is 11.5 Å². The second-order valence-electron chi connectivity index (χ2n) is 7.23. The molecular weight excluding hydrogens is 441 g/mol.